The number of allylic oxidation sites excluding steroid dienone is 3. The molecule has 276 valence electrons. The largest absolute Gasteiger partial charge is 0.457 e. The minimum Gasteiger partial charge on any atom is -0.457 e. The first-order valence-electron chi connectivity index (χ1n) is 19.1. The summed E-state index contributed by atoms with van der Waals surface area (Å²) in [6.45, 7) is 7.56. The number of benzene rings is 2. The van der Waals surface area contributed by atoms with Crippen LogP contribution in [0.1, 0.15) is 115 Å². The Hall–Kier alpha value is -4.17. The summed E-state index contributed by atoms with van der Waals surface area (Å²) in [5, 5.41) is 21.0. The topological polar surface area (TPSA) is 117 Å². The SMILES string of the molecule is CCC(C)/C(=C\NC(C)=O)C(=O)NC(CCCC1CCCCC1)C[C@H](O)C(CC1=CC(C)CC=C1)NC(=O)c1cccc(Oc2ccccc2)c1. The molecule has 0 aliphatic heterocycles. The van der Waals surface area contributed by atoms with Crippen molar-refractivity contribution in [1.82, 2.24) is 16.0 Å². The first-order valence-corrected chi connectivity index (χ1v) is 19.1. The Balaban J connectivity index is 1.54. The monoisotopic (exact) mass is 697 g/mol. The Kier molecular flexibility index (Phi) is 16.0. The predicted molar refractivity (Wildman–Crippen MR) is 204 cm³/mol. The average Bonchev–Trinajstić information content (AvgIpc) is 3.12. The van der Waals surface area contributed by atoms with Gasteiger partial charge in [0.05, 0.1) is 12.1 Å². The van der Waals surface area contributed by atoms with Gasteiger partial charge in [0.25, 0.3) is 5.91 Å². The van der Waals surface area contributed by atoms with Crippen LogP contribution in [-0.2, 0) is 9.59 Å². The Morgan fingerprint density at radius 1 is 1.00 bits per heavy atom. The van der Waals surface area contributed by atoms with Crippen molar-refractivity contribution in [2.45, 2.75) is 123 Å². The van der Waals surface area contributed by atoms with Gasteiger partial charge in [-0.25, -0.2) is 0 Å². The normalized spacial score (nSPS) is 18.9. The molecule has 0 bridgehead atoms. The zero-order valence-corrected chi connectivity index (χ0v) is 31.0. The van der Waals surface area contributed by atoms with Crippen LogP contribution >= 0.6 is 0 Å². The number of aliphatic hydroxyl groups excluding tert-OH is 1. The van der Waals surface area contributed by atoms with Crippen molar-refractivity contribution >= 4 is 17.7 Å². The van der Waals surface area contributed by atoms with Crippen molar-refractivity contribution < 1.29 is 24.2 Å². The number of carbonyl (C=O) groups excluding carboxylic acids is 3. The molecular weight excluding hydrogens is 638 g/mol. The lowest BCUT2D eigenvalue weighted by Gasteiger charge is -2.30. The summed E-state index contributed by atoms with van der Waals surface area (Å²) in [6, 6.07) is 15.5. The highest BCUT2D eigenvalue weighted by molar-refractivity contribution is 5.95. The molecule has 2 aromatic rings. The van der Waals surface area contributed by atoms with Crippen molar-refractivity contribution in [1.29, 1.82) is 0 Å². The number of nitrogens with one attached hydrogen (secondary N) is 3. The summed E-state index contributed by atoms with van der Waals surface area (Å²) < 4.78 is 5.98. The minimum atomic E-state index is -0.935. The molecule has 8 heteroatoms. The fourth-order valence-corrected chi connectivity index (χ4v) is 7.11. The Morgan fingerprint density at radius 3 is 2.45 bits per heavy atom. The lowest BCUT2D eigenvalue weighted by Crippen LogP contribution is -2.47. The molecule has 0 spiro atoms. The summed E-state index contributed by atoms with van der Waals surface area (Å²) in [5.41, 5.74) is 2.00. The molecule has 3 amide bonds. The standard InChI is InChI=1S/C43H59N3O5/c1-5-31(3)39(29-44-32(4)47)43(50)45-36(21-13-18-33-16-8-6-9-17-33)28-41(48)40(26-34-19-12-15-30(2)25-34)46-42(49)35-20-14-24-38(27-35)51-37-22-10-7-11-23-37/h7,10-12,14,19-20,22-25,27,29-31,33,36,40-41,48H,5-6,8-9,13,15-18,21,26,28H2,1-4H3,(H,44,47)(H,45,50)(H,46,49)/b39-29+/t30?,31?,36?,40?,41-/m0/s1. The number of ether oxygens (including phenoxy) is 1. The van der Waals surface area contributed by atoms with Crippen LogP contribution in [0.3, 0.4) is 0 Å². The average molecular weight is 698 g/mol. The van der Waals surface area contributed by atoms with Crippen molar-refractivity contribution in [2.75, 3.05) is 0 Å². The number of rotatable bonds is 18. The molecule has 4 rings (SSSR count). The van der Waals surface area contributed by atoms with Gasteiger partial charge in [-0.05, 0) is 85.8 Å². The fourth-order valence-electron chi connectivity index (χ4n) is 7.11. The second kappa shape index (κ2) is 20.6. The Labute approximate surface area is 305 Å². The summed E-state index contributed by atoms with van der Waals surface area (Å²) in [4.78, 5) is 39.2. The number of hydrogen-bond acceptors (Lipinski definition) is 5. The molecule has 0 saturated heterocycles. The van der Waals surface area contributed by atoms with E-state index in [2.05, 4.69) is 41.1 Å². The third-order valence-electron chi connectivity index (χ3n) is 10.2. The van der Waals surface area contributed by atoms with E-state index in [4.69, 9.17) is 4.74 Å². The highest BCUT2D eigenvalue weighted by Crippen LogP contribution is 2.29. The highest BCUT2D eigenvalue weighted by atomic mass is 16.5. The number of carbonyl (C=O) groups is 3. The molecule has 2 aromatic carbocycles. The molecule has 2 aliphatic rings. The fraction of sp³-hybridized carbons (Fsp3) is 0.512. The summed E-state index contributed by atoms with van der Waals surface area (Å²) in [5.74, 6) is 1.44. The summed E-state index contributed by atoms with van der Waals surface area (Å²) in [7, 11) is 0. The van der Waals surface area contributed by atoms with E-state index in [0.29, 0.717) is 47.3 Å². The van der Waals surface area contributed by atoms with Gasteiger partial charge in [0.15, 0.2) is 0 Å². The molecule has 0 radical (unpaired) electrons. The molecule has 0 aromatic heterocycles. The predicted octanol–water partition coefficient (Wildman–Crippen LogP) is 8.54. The van der Waals surface area contributed by atoms with Crippen LogP contribution in [0.15, 0.2) is 90.2 Å². The van der Waals surface area contributed by atoms with E-state index in [-0.39, 0.29) is 36.1 Å². The Morgan fingerprint density at radius 2 is 1.75 bits per heavy atom. The van der Waals surface area contributed by atoms with E-state index in [0.717, 1.165) is 31.3 Å². The van der Waals surface area contributed by atoms with E-state index in [1.54, 1.807) is 18.2 Å². The van der Waals surface area contributed by atoms with E-state index < -0.39 is 12.1 Å². The molecule has 51 heavy (non-hydrogen) atoms. The highest BCUT2D eigenvalue weighted by Gasteiger charge is 2.29. The quantitative estimate of drug-likeness (QED) is 0.117. The van der Waals surface area contributed by atoms with Crippen LogP contribution < -0.4 is 20.7 Å². The van der Waals surface area contributed by atoms with Crippen LogP contribution in [0.5, 0.6) is 11.5 Å². The van der Waals surface area contributed by atoms with Crippen molar-refractivity contribution in [3.05, 3.63) is 95.7 Å². The van der Waals surface area contributed by atoms with Gasteiger partial charge >= 0.3 is 0 Å². The molecule has 4 unspecified atom stereocenters. The van der Waals surface area contributed by atoms with Crippen molar-refractivity contribution in [2.24, 2.45) is 17.8 Å². The number of para-hydroxylation sites is 1. The van der Waals surface area contributed by atoms with Crippen LogP contribution in [0, 0.1) is 17.8 Å². The lowest BCUT2D eigenvalue weighted by atomic mass is 9.84. The number of amides is 3. The van der Waals surface area contributed by atoms with E-state index in [9.17, 15) is 19.5 Å². The third-order valence-corrected chi connectivity index (χ3v) is 10.2. The van der Waals surface area contributed by atoms with E-state index in [1.165, 1.54) is 45.2 Å². The maximum Gasteiger partial charge on any atom is 0.251 e. The molecule has 0 heterocycles. The zero-order valence-electron chi connectivity index (χ0n) is 31.0. The number of aliphatic hydroxyl groups is 1. The third kappa shape index (κ3) is 13.5. The lowest BCUT2D eigenvalue weighted by molar-refractivity contribution is -0.119. The number of hydrogen-bond donors (Lipinski definition) is 4. The van der Waals surface area contributed by atoms with Gasteiger partial charge in [0.1, 0.15) is 11.5 Å². The maximum atomic E-state index is 13.8. The molecule has 1 fully saturated rings. The van der Waals surface area contributed by atoms with Crippen LogP contribution in [0.4, 0.5) is 0 Å². The van der Waals surface area contributed by atoms with Gasteiger partial charge in [-0.3, -0.25) is 14.4 Å². The molecule has 1 saturated carbocycles. The summed E-state index contributed by atoms with van der Waals surface area (Å²) in [6.07, 6.45) is 18.6. The molecule has 4 N–H and O–H groups in total. The van der Waals surface area contributed by atoms with Gasteiger partial charge in [0, 0.05) is 30.3 Å². The van der Waals surface area contributed by atoms with Gasteiger partial charge in [-0.2, -0.15) is 0 Å². The van der Waals surface area contributed by atoms with Gasteiger partial charge in [0.2, 0.25) is 11.8 Å². The first-order chi connectivity index (χ1) is 24.6. The second-order valence-electron chi connectivity index (χ2n) is 14.6. The summed E-state index contributed by atoms with van der Waals surface area (Å²) >= 11 is 0. The van der Waals surface area contributed by atoms with Crippen LogP contribution in [0.25, 0.3) is 0 Å². The van der Waals surface area contributed by atoms with Gasteiger partial charge in [-0.1, -0.05) is 108 Å². The molecule has 2 aliphatic carbocycles. The zero-order chi connectivity index (χ0) is 36.6. The van der Waals surface area contributed by atoms with Crippen molar-refractivity contribution in [3.8, 4) is 11.5 Å². The Bertz CT molecular complexity index is 1510. The minimum absolute atomic E-state index is 0.0645. The molecule has 8 nitrogen and oxygen atoms in total. The first kappa shape index (κ1) is 39.6. The maximum absolute atomic E-state index is 13.8. The van der Waals surface area contributed by atoms with Gasteiger partial charge < -0.3 is 25.8 Å². The van der Waals surface area contributed by atoms with Crippen molar-refractivity contribution in [3.63, 3.8) is 0 Å². The second-order valence-corrected chi connectivity index (χ2v) is 14.6. The smallest absolute Gasteiger partial charge is 0.251 e. The van der Waals surface area contributed by atoms with E-state index >= 15 is 0 Å². The van der Waals surface area contributed by atoms with Crippen LogP contribution in [0.2, 0.25) is 0 Å². The van der Waals surface area contributed by atoms with E-state index in [1.807, 2.05) is 50.2 Å². The molecule has 5 atom stereocenters. The van der Waals surface area contributed by atoms with Gasteiger partial charge in [-0.15, -0.1) is 0 Å². The molecular formula is C43H59N3O5. The van der Waals surface area contributed by atoms with Crippen LogP contribution in [-0.4, -0.2) is 41.0 Å².